The van der Waals surface area contributed by atoms with Crippen LogP contribution in [0.25, 0.3) is 0 Å². The molecule has 18 heavy (non-hydrogen) atoms. The van der Waals surface area contributed by atoms with Crippen LogP contribution in [0.5, 0.6) is 5.75 Å². The van der Waals surface area contributed by atoms with Crippen LogP contribution in [0.15, 0.2) is 31.1 Å². The van der Waals surface area contributed by atoms with E-state index in [1.807, 2.05) is 12.3 Å². The van der Waals surface area contributed by atoms with E-state index in [0.717, 1.165) is 24.5 Å². The van der Waals surface area contributed by atoms with Gasteiger partial charge in [-0.15, -0.1) is 0 Å². The Hall–Kier alpha value is -2.04. The van der Waals surface area contributed by atoms with E-state index < -0.39 is 0 Å². The lowest BCUT2D eigenvalue weighted by Gasteiger charge is -2.35. The molecular weight excluding hydrogens is 230 g/mol. The van der Waals surface area contributed by atoms with Gasteiger partial charge >= 0.3 is 0 Å². The maximum atomic E-state index is 11.5. The summed E-state index contributed by atoms with van der Waals surface area (Å²) in [4.78, 5) is 19.6. The van der Waals surface area contributed by atoms with Crippen LogP contribution in [-0.4, -0.2) is 49.1 Å². The van der Waals surface area contributed by atoms with E-state index in [9.17, 15) is 4.79 Å². The third-order valence-electron chi connectivity index (χ3n) is 3.07. The van der Waals surface area contributed by atoms with Crippen molar-refractivity contribution in [2.24, 2.45) is 0 Å². The summed E-state index contributed by atoms with van der Waals surface area (Å²) in [6.45, 7) is 6.53. The second-order valence-electron chi connectivity index (χ2n) is 4.10. The Labute approximate surface area is 107 Å². The molecule has 2 rings (SSSR count). The number of pyridine rings is 1. The third-order valence-corrected chi connectivity index (χ3v) is 3.07. The van der Waals surface area contributed by atoms with Gasteiger partial charge in [-0.1, -0.05) is 6.58 Å². The molecule has 0 aromatic carbocycles. The third kappa shape index (κ3) is 2.61. The molecule has 0 unspecified atom stereocenters. The Bertz CT molecular complexity index is 440. The second kappa shape index (κ2) is 5.53. The van der Waals surface area contributed by atoms with Crippen molar-refractivity contribution in [1.29, 1.82) is 0 Å². The van der Waals surface area contributed by atoms with Gasteiger partial charge in [0.15, 0.2) is 0 Å². The van der Waals surface area contributed by atoms with Crippen LogP contribution in [-0.2, 0) is 4.79 Å². The van der Waals surface area contributed by atoms with Crippen LogP contribution in [0.4, 0.5) is 5.69 Å². The smallest absolute Gasteiger partial charge is 0.246 e. The molecule has 0 atom stereocenters. The minimum Gasteiger partial charge on any atom is -0.495 e. The lowest BCUT2D eigenvalue weighted by atomic mass is 10.2. The van der Waals surface area contributed by atoms with Crippen molar-refractivity contribution in [3.8, 4) is 5.75 Å². The van der Waals surface area contributed by atoms with Gasteiger partial charge in [0.05, 0.1) is 25.2 Å². The van der Waals surface area contributed by atoms with Gasteiger partial charge in [-0.2, -0.15) is 0 Å². The highest BCUT2D eigenvalue weighted by molar-refractivity contribution is 5.87. The molecule has 0 saturated carbocycles. The zero-order valence-electron chi connectivity index (χ0n) is 10.5. The van der Waals surface area contributed by atoms with Crippen LogP contribution < -0.4 is 9.64 Å². The van der Waals surface area contributed by atoms with E-state index in [2.05, 4.69) is 16.5 Å². The number of aromatic nitrogens is 1. The summed E-state index contributed by atoms with van der Waals surface area (Å²) in [6, 6.07) is 1.96. The van der Waals surface area contributed by atoms with E-state index in [0.29, 0.717) is 13.1 Å². The monoisotopic (exact) mass is 247 g/mol. The Kier molecular flexibility index (Phi) is 3.82. The average molecular weight is 247 g/mol. The first-order valence-corrected chi connectivity index (χ1v) is 5.90. The molecule has 2 heterocycles. The lowest BCUT2D eigenvalue weighted by molar-refractivity contribution is -0.126. The van der Waals surface area contributed by atoms with Crippen molar-refractivity contribution < 1.29 is 9.53 Å². The Morgan fingerprint density at radius 3 is 2.72 bits per heavy atom. The van der Waals surface area contributed by atoms with E-state index in [-0.39, 0.29) is 5.91 Å². The number of ether oxygens (including phenoxy) is 1. The topological polar surface area (TPSA) is 45.7 Å². The van der Waals surface area contributed by atoms with Gasteiger partial charge in [-0.05, 0) is 6.08 Å². The van der Waals surface area contributed by atoms with Gasteiger partial charge in [-0.3, -0.25) is 9.78 Å². The van der Waals surface area contributed by atoms with Crippen molar-refractivity contribution in [2.75, 3.05) is 38.2 Å². The minimum absolute atomic E-state index is 0.00147. The summed E-state index contributed by atoms with van der Waals surface area (Å²) < 4.78 is 5.16. The van der Waals surface area contributed by atoms with Gasteiger partial charge in [0.2, 0.25) is 5.91 Å². The van der Waals surface area contributed by atoms with Crippen LogP contribution in [0, 0.1) is 0 Å². The second-order valence-corrected chi connectivity index (χ2v) is 4.10. The van der Waals surface area contributed by atoms with E-state index in [4.69, 9.17) is 4.74 Å². The number of amides is 1. The maximum absolute atomic E-state index is 11.5. The van der Waals surface area contributed by atoms with Gasteiger partial charge in [0.25, 0.3) is 0 Å². The number of rotatable bonds is 3. The van der Waals surface area contributed by atoms with Gasteiger partial charge in [-0.25, -0.2) is 0 Å². The normalized spacial score (nSPS) is 15.4. The van der Waals surface area contributed by atoms with Crippen molar-refractivity contribution in [3.63, 3.8) is 0 Å². The summed E-state index contributed by atoms with van der Waals surface area (Å²) in [6.07, 6.45) is 4.86. The van der Waals surface area contributed by atoms with Crippen LogP contribution in [0.3, 0.4) is 0 Å². The van der Waals surface area contributed by atoms with Gasteiger partial charge in [0.1, 0.15) is 5.75 Å². The number of carbonyl (C=O) groups is 1. The Balaban J connectivity index is 2.00. The highest BCUT2D eigenvalue weighted by atomic mass is 16.5. The molecule has 1 saturated heterocycles. The number of nitrogens with zero attached hydrogens (tertiary/aromatic N) is 3. The summed E-state index contributed by atoms with van der Waals surface area (Å²) in [5.41, 5.74) is 1.03. The van der Waals surface area contributed by atoms with Crippen molar-refractivity contribution in [3.05, 3.63) is 31.1 Å². The number of methoxy groups -OCH3 is 1. The number of carbonyl (C=O) groups excluding carboxylic acids is 1. The van der Waals surface area contributed by atoms with E-state index in [1.165, 1.54) is 6.08 Å². The molecule has 1 aromatic rings. The Morgan fingerprint density at radius 1 is 1.39 bits per heavy atom. The maximum Gasteiger partial charge on any atom is 0.246 e. The molecule has 1 aliphatic rings. The molecule has 0 bridgehead atoms. The first kappa shape index (κ1) is 12.4. The molecule has 0 aliphatic carbocycles. The first-order chi connectivity index (χ1) is 8.74. The average Bonchev–Trinajstić information content (AvgIpc) is 2.46. The standard InChI is InChI=1S/C13H17N3O2/c1-3-13(17)16-6-4-15(5-7-16)11-8-12(18-2)10-14-9-11/h3,8-10H,1,4-7H2,2H3. The predicted octanol–water partition coefficient (Wildman–Crippen LogP) is 0.925. The molecule has 1 aliphatic heterocycles. The Morgan fingerprint density at radius 2 is 2.11 bits per heavy atom. The number of anilines is 1. The number of hydrogen-bond acceptors (Lipinski definition) is 4. The van der Waals surface area contributed by atoms with Crippen LogP contribution in [0.2, 0.25) is 0 Å². The van der Waals surface area contributed by atoms with Crippen LogP contribution >= 0.6 is 0 Å². The van der Waals surface area contributed by atoms with Gasteiger partial charge in [0, 0.05) is 32.2 Å². The molecule has 0 N–H and O–H groups in total. The summed E-state index contributed by atoms with van der Waals surface area (Å²) in [7, 11) is 1.63. The fraction of sp³-hybridized carbons (Fsp3) is 0.385. The largest absolute Gasteiger partial charge is 0.495 e. The zero-order chi connectivity index (χ0) is 13.0. The molecule has 1 amide bonds. The zero-order valence-corrected chi connectivity index (χ0v) is 10.5. The SMILES string of the molecule is C=CC(=O)N1CCN(c2cncc(OC)c2)CC1. The van der Waals surface area contributed by atoms with Gasteiger partial charge < -0.3 is 14.5 Å². The molecule has 0 radical (unpaired) electrons. The molecule has 1 aromatic heterocycles. The fourth-order valence-electron chi connectivity index (χ4n) is 2.01. The van der Waals surface area contributed by atoms with Crippen molar-refractivity contribution >= 4 is 11.6 Å². The number of piperazine rings is 1. The molecule has 5 nitrogen and oxygen atoms in total. The summed E-state index contributed by atoms with van der Waals surface area (Å²) in [5.74, 6) is 0.746. The fourth-order valence-corrected chi connectivity index (χ4v) is 2.01. The highest BCUT2D eigenvalue weighted by Crippen LogP contribution is 2.20. The van der Waals surface area contributed by atoms with E-state index in [1.54, 1.807) is 18.2 Å². The molecule has 0 spiro atoms. The summed E-state index contributed by atoms with van der Waals surface area (Å²) >= 11 is 0. The van der Waals surface area contributed by atoms with Crippen molar-refractivity contribution in [1.82, 2.24) is 9.88 Å². The number of hydrogen-bond donors (Lipinski definition) is 0. The molecule has 1 fully saturated rings. The lowest BCUT2D eigenvalue weighted by Crippen LogP contribution is -2.48. The quantitative estimate of drug-likeness (QED) is 0.745. The molecule has 5 heteroatoms. The molecule has 96 valence electrons. The summed E-state index contributed by atoms with van der Waals surface area (Å²) in [5, 5.41) is 0. The highest BCUT2D eigenvalue weighted by Gasteiger charge is 2.19. The van der Waals surface area contributed by atoms with Crippen molar-refractivity contribution in [2.45, 2.75) is 0 Å². The predicted molar refractivity (Wildman–Crippen MR) is 69.8 cm³/mol. The van der Waals surface area contributed by atoms with E-state index >= 15 is 0 Å². The van der Waals surface area contributed by atoms with Crippen LogP contribution in [0.1, 0.15) is 0 Å². The first-order valence-electron chi connectivity index (χ1n) is 5.90. The minimum atomic E-state index is -0.00147. The molecular formula is C13H17N3O2.